The summed E-state index contributed by atoms with van der Waals surface area (Å²) in [5.74, 6) is -0.569. The summed E-state index contributed by atoms with van der Waals surface area (Å²) >= 11 is 0. The van der Waals surface area contributed by atoms with Crippen LogP contribution in [-0.2, 0) is 9.59 Å². The van der Waals surface area contributed by atoms with Crippen molar-refractivity contribution in [3.05, 3.63) is 24.0 Å². The van der Waals surface area contributed by atoms with Gasteiger partial charge in [0.1, 0.15) is 0 Å². The van der Waals surface area contributed by atoms with Gasteiger partial charge in [-0.1, -0.05) is 13.8 Å². The Kier molecular flexibility index (Phi) is 4.75. The fourth-order valence-electron chi connectivity index (χ4n) is 1.71. The normalized spacial score (nSPS) is 12.4. The predicted molar refractivity (Wildman–Crippen MR) is 65.2 cm³/mol. The summed E-state index contributed by atoms with van der Waals surface area (Å²) in [6, 6.07) is 3.72. The lowest BCUT2D eigenvalue weighted by atomic mass is 9.93. The molecule has 2 amide bonds. The highest BCUT2D eigenvalue weighted by molar-refractivity contribution is 5.87. The summed E-state index contributed by atoms with van der Waals surface area (Å²) in [7, 11) is 0. The molecule has 5 heteroatoms. The molecule has 0 aromatic carbocycles. The molecule has 17 heavy (non-hydrogen) atoms. The second-order valence-electron chi connectivity index (χ2n) is 4.49. The van der Waals surface area contributed by atoms with Crippen LogP contribution in [0.1, 0.15) is 31.9 Å². The van der Waals surface area contributed by atoms with Crippen LogP contribution in [0.5, 0.6) is 0 Å². The van der Waals surface area contributed by atoms with E-state index in [4.69, 9.17) is 5.73 Å². The van der Waals surface area contributed by atoms with Crippen LogP contribution in [0.25, 0.3) is 0 Å². The van der Waals surface area contributed by atoms with Crippen molar-refractivity contribution in [1.29, 1.82) is 0 Å². The third-order valence-electron chi connectivity index (χ3n) is 2.46. The average molecular weight is 237 g/mol. The van der Waals surface area contributed by atoms with Gasteiger partial charge in [-0.05, 0) is 24.5 Å². The van der Waals surface area contributed by atoms with Gasteiger partial charge in [0.25, 0.3) is 0 Å². The molecule has 1 aromatic heterocycles. The molecule has 0 saturated carbocycles. The molecule has 5 nitrogen and oxygen atoms in total. The molecular formula is C12H19N3O2. The van der Waals surface area contributed by atoms with E-state index in [1.165, 1.54) is 0 Å². The number of carbonyl (C=O) groups excluding carboxylic acids is 2. The summed E-state index contributed by atoms with van der Waals surface area (Å²) in [5, 5.41) is 2.54. The molecule has 1 rings (SSSR count). The van der Waals surface area contributed by atoms with Gasteiger partial charge >= 0.3 is 0 Å². The zero-order valence-electron chi connectivity index (χ0n) is 10.2. The minimum absolute atomic E-state index is 0.117. The van der Waals surface area contributed by atoms with Gasteiger partial charge in [-0.25, -0.2) is 0 Å². The first-order chi connectivity index (χ1) is 8.00. The molecule has 1 heterocycles. The number of nitrogens with two attached hydrogens (primary N) is 1. The lowest BCUT2D eigenvalue weighted by Crippen LogP contribution is -2.36. The van der Waals surface area contributed by atoms with E-state index < -0.39 is 5.91 Å². The molecule has 0 bridgehead atoms. The number of rotatable bonds is 6. The van der Waals surface area contributed by atoms with E-state index in [0.717, 1.165) is 12.1 Å². The van der Waals surface area contributed by atoms with Crippen LogP contribution >= 0.6 is 0 Å². The fraction of sp³-hybridized carbons (Fsp3) is 0.500. The molecule has 0 spiro atoms. The van der Waals surface area contributed by atoms with Gasteiger partial charge in [-0.2, -0.15) is 0 Å². The van der Waals surface area contributed by atoms with Crippen molar-refractivity contribution in [3.63, 3.8) is 0 Å². The monoisotopic (exact) mass is 237 g/mol. The molecule has 1 atom stereocenters. The first-order valence-corrected chi connectivity index (χ1v) is 5.70. The minimum Gasteiger partial charge on any atom is -0.368 e. The quantitative estimate of drug-likeness (QED) is 0.681. The summed E-state index contributed by atoms with van der Waals surface area (Å²) in [6.45, 7) is 3.99. The zero-order valence-corrected chi connectivity index (χ0v) is 10.2. The smallest absolute Gasteiger partial charge is 0.236 e. The van der Waals surface area contributed by atoms with Gasteiger partial charge in [0.05, 0.1) is 12.5 Å². The van der Waals surface area contributed by atoms with Crippen LogP contribution in [0.2, 0.25) is 0 Å². The minimum atomic E-state index is -0.534. The number of hydrogen-bond donors (Lipinski definition) is 3. The van der Waals surface area contributed by atoms with Gasteiger partial charge in [0, 0.05) is 11.9 Å². The lowest BCUT2D eigenvalue weighted by molar-refractivity contribution is -0.126. The number of H-pyrrole nitrogens is 1. The third kappa shape index (κ3) is 4.30. The van der Waals surface area contributed by atoms with Crippen LogP contribution < -0.4 is 11.1 Å². The topological polar surface area (TPSA) is 88.0 Å². The number of primary amides is 1. The zero-order chi connectivity index (χ0) is 12.8. The second kappa shape index (κ2) is 6.08. The molecule has 0 saturated heterocycles. The van der Waals surface area contributed by atoms with E-state index in [1.54, 1.807) is 6.20 Å². The number of hydrogen-bond acceptors (Lipinski definition) is 2. The highest BCUT2D eigenvalue weighted by Gasteiger charge is 2.22. The predicted octanol–water partition coefficient (Wildman–Crippen LogP) is 0.746. The number of nitrogens with one attached hydrogen (secondary N) is 2. The van der Waals surface area contributed by atoms with Crippen molar-refractivity contribution in [2.75, 3.05) is 6.54 Å². The SMILES string of the molecule is CC(C)C[C@H](C(=O)NCC(N)=O)c1ccc[nH]1. The maximum Gasteiger partial charge on any atom is 0.236 e. The first kappa shape index (κ1) is 13.3. The van der Waals surface area contributed by atoms with Crippen LogP contribution in [0, 0.1) is 5.92 Å². The molecule has 4 N–H and O–H groups in total. The lowest BCUT2D eigenvalue weighted by Gasteiger charge is -2.17. The van der Waals surface area contributed by atoms with Crippen molar-refractivity contribution < 1.29 is 9.59 Å². The largest absolute Gasteiger partial charge is 0.368 e. The van der Waals surface area contributed by atoms with Gasteiger partial charge in [-0.15, -0.1) is 0 Å². The van der Waals surface area contributed by atoms with Gasteiger partial charge in [0.15, 0.2) is 0 Å². The van der Waals surface area contributed by atoms with Crippen molar-refractivity contribution in [1.82, 2.24) is 10.3 Å². The average Bonchev–Trinajstić information content (AvgIpc) is 2.75. The standard InChI is InChI=1S/C12H19N3O2/c1-8(2)6-9(10-4-3-5-14-10)12(17)15-7-11(13)16/h3-5,8-9,14H,6-7H2,1-2H3,(H2,13,16)(H,15,17)/t9-/m0/s1. The fourth-order valence-corrected chi connectivity index (χ4v) is 1.71. The Labute approximate surface area is 101 Å². The van der Waals surface area contributed by atoms with E-state index in [2.05, 4.69) is 24.1 Å². The Hall–Kier alpha value is -1.78. The van der Waals surface area contributed by atoms with E-state index in [0.29, 0.717) is 5.92 Å². The second-order valence-corrected chi connectivity index (χ2v) is 4.49. The number of aromatic amines is 1. The van der Waals surface area contributed by atoms with Crippen LogP contribution in [0.4, 0.5) is 0 Å². The summed E-state index contributed by atoms with van der Waals surface area (Å²) in [6.07, 6.45) is 2.51. The Morgan fingerprint density at radius 1 is 1.47 bits per heavy atom. The molecule has 0 fully saturated rings. The molecule has 0 radical (unpaired) electrons. The molecule has 0 aliphatic heterocycles. The summed E-state index contributed by atoms with van der Waals surface area (Å²) in [4.78, 5) is 25.6. The van der Waals surface area contributed by atoms with Crippen LogP contribution in [0.3, 0.4) is 0 Å². The van der Waals surface area contributed by atoms with Crippen LogP contribution in [0.15, 0.2) is 18.3 Å². The molecule has 94 valence electrons. The summed E-state index contributed by atoms with van der Waals surface area (Å²) < 4.78 is 0. The van der Waals surface area contributed by atoms with Crippen molar-refractivity contribution in [2.24, 2.45) is 11.7 Å². The Morgan fingerprint density at radius 2 is 2.18 bits per heavy atom. The molecule has 0 unspecified atom stereocenters. The van der Waals surface area contributed by atoms with Crippen LogP contribution in [-0.4, -0.2) is 23.3 Å². The van der Waals surface area contributed by atoms with Gasteiger partial charge in [-0.3, -0.25) is 9.59 Å². The number of amides is 2. The Morgan fingerprint density at radius 3 is 2.65 bits per heavy atom. The molecule has 1 aromatic rings. The van der Waals surface area contributed by atoms with E-state index in [9.17, 15) is 9.59 Å². The highest BCUT2D eigenvalue weighted by Crippen LogP contribution is 2.22. The maximum atomic E-state index is 11.9. The summed E-state index contributed by atoms with van der Waals surface area (Å²) in [5.41, 5.74) is 5.86. The molecule has 0 aliphatic rings. The number of carbonyl (C=O) groups is 2. The van der Waals surface area contributed by atoms with Gasteiger partial charge in [0.2, 0.25) is 11.8 Å². The van der Waals surface area contributed by atoms with E-state index >= 15 is 0 Å². The molecule has 0 aliphatic carbocycles. The number of aromatic nitrogens is 1. The maximum absolute atomic E-state index is 11.9. The van der Waals surface area contributed by atoms with Gasteiger partial charge < -0.3 is 16.0 Å². The Bertz CT molecular complexity index is 371. The molecular weight excluding hydrogens is 218 g/mol. The van der Waals surface area contributed by atoms with Crippen molar-refractivity contribution in [2.45, 2.75) is 26.2 Å². The highest BCUT2D eigenvalue weighted by atomic mass is 16.2. The Balaban J connectivity index is 2.69. The third-order valence-corrected chi connectivity index (χ3v) is 2.46. The first-order valence-electron chi connectivity index (χ1n) is 5.70. The van der Waals surface area contributed by atoms with E-state index in [-0.39, 0.29) is 18.4 Å². The van der Waals surface area contributed by atoms with E-state index in [1.807, 2.05) is 12.1 Å². The van der Waals surface area contributed by atoms with Crippen molar-refractivity contribution >= 4 is 11.8 Å². The van der Waals surface area contributed by atoms with Crippen molar-refractivity contribution in [3.8, 4) is 0 Å².